The predicted octanol–water partition coefficient (Wildman–Crippen LogP) is 3.96. The van der Waals surface area contributed by atoms with Crippen molar-refractivity contribution in [1.82, 2.24) is 15.8 Å². The van der Waals surface area contributed by atoms with Crippen molar-refractivity contribution >= 4 is 5.91 Å². The number of halogens is 1. The average Bonchev–Trinajstić information content (AvgIpc) is 3.28. The Morgan fingerprint density at radius 3 is 2.72 bits per heavy atom. The van der Waals surface area contributed by atoms with E-state index in [0.717, 1.165) is 54.3 Å². The Morgan fingerprint density at radius 1 is 1.19 bits per heavy atom. The molecular formula is C25H28FN3O3. The van der Waals surface area contributed by atoms with E-state index < -0.39 is 0 Å². The molecule has 1 aromatic heterocycles. The zero-order valence-electron chi connectivity index (χ0n) is 18.1. The van der Waals surface area contributed by atoms with E-state index in [1.807, 2.05) is 30.3 Å². The molecule has 2 heterocycles. The number of hydrogen-bond donors (Lipinski definition) is 2. The fraction of sp³-hybridized carbons (Fsp3) is 0.360. The van der Waals surface area contributed by atoms with Crippen molar-refractivity contribution in [2.75, 3.05) is 20.2 Å². The first-order valence-corrected chi connectivity index (χ1v) is 10.9. The molecule has 1 fully saturated rings. The molecule has 1 aliphatic rings. The number of piperidine rings is 1. The summed E-state index contributed by atoms with van der Waals surface area (Å²) >= 11 is 0. The van der Waals surface area contributed by atoms with Gasteiger partial charge in [0.1, 0.15) is 11.6 Å². The van der Waals surface area contributed by atoms with Crippen LogP contribution in [0.1, 0.15) is 24.1 Å². The quantitative estimate of drug-likeness (QED) is 0.558. The third kappa shape index (κ3) is 5.73. The summed E-state index contributed by atoms with van der Waals surface area (Å²) in [4.78, 5) is 12.5. The average molecular weight is 438 g/mol. The Morgan fingerprint density at radius 2 is 1.97 bits per heavy atom. The highest BCUT2D eigenvalue weighted by molar-refractivity contribution is 5.76. The first kappa shape index (κ1) is 22.0. The maximum Gasteiger partial charge on any atom is 0.220 e. The van der Waals surface area contributed by atoms with Crippen LogP contribution < -0.4 is 15.4 Å². The highest BCUT2D eigenvalue weighted by atomic mass is 19.1. The second kappa shape index (κ2) is 10.4. The second-order valence-electron chi connectivity index (χ2n) is 8.24. The minimum absolute atomic E-state index is 0.0188. The van der Waals surface area contributed by atoms with Gasteiger partial charge in [-0.2, -0.15) is 0 Å². The van der Waals surface area contributed by atoms with Gasteiger partial charge in [-0.15, -0.1) is 0 Å². The number of carbonyl (C=O) groups excluding carboxylic acids is 1. The second-order valence-corrected chi connectivity index (χ2v) is 8.24. The molecule has 2 atom stereocenters. The molecule has 1 aliphatic heterocycles. The van der Waals surface area contributed by atoms with Gasteiger partial charge in [0, 0.05) is 24.6 Å². The van der Waals surface area contributed by atoms with Crippen molar-refractivity contribution in [3.63, 3.8) is 0 Å². The fourth-order valence-electron chi connectivity index (χ4n) is 4.17. The summed E-state index contributed by atoms with van der Waals surface area (Å²) in [6.45, 7) is 2.16. The van der Waals surface area contributed by atoms with Gasteiger partial charge < -0.3 is 19.9 Å². The molecule has 3 aromatic rings. The first-order valence-electron chi connectivity index (χ1n) is 10.9. The molecule has 2 N–H and O–H groups in total. The Labute approximate surface area is 187 Å². The minimum atomic E-state index is -0.277. The van der Waals surface area contributed by atoms with Gasteiger partial charge in [0.2, 0.25) is 5.91 Å². The molecule has 1 saturated heterocycles. The number of carbonyl (C=O) groups is 1. The van der Waals surface area contributed by atoms with Crippen LogP contribution in [0.5, 0.6) is 5.75 Å². The molecule has 168 valence electrons. The zero-order chi connectivity index (χ0) is 22.3. The Kier molecular flexibility index (Phi) is 7.17. The lowest BCUT2D eigenvalue weighted by Gasteiger charge is -2.31. The summed E-state index contributed by atoms with van der Waals surface area (Å²) in [5.41, 5.74) is 2.72. The SMILES string of the molecule is COc1ccc(-c2cc(CC3CNCCC3CC(=O)NCc3ccc(F)cc3)no2)cc1. The largest absolute Gasteiger partial charge is 0.497 e. The summed E-state index contributed by atoms with van der Waals surface area (Å²) in [5.74, 6) is 1.83. The first-order chi connectivity index (χ1) is 15.6. The van der Waals surface area contributed by atoms with Gasteiger partial charge in [0.15, 0.2) is 5.76 Å². The van der Waals surface area contributed by atoms with Crippen molar-refractivity contribution in [3.8, 4) is 17.1 Å². The van der Waals surface area contributed by atoms with Gasteiger partial charge in [0.05, 0.1) is 12.8 Å². The smallest absolute Gasteiger partial charge is 0.220 e. The summed E-state index contributed by atoms with van der Waals surface area (Å²) in [5, 5.41) is 10.7. The fourth-order valence-corrected chi connectivity index (χ4v) is 4.17. The van der Waals surface area contributed by atoms with Crippen molar-refractivity contribution in [2.24, 2.45) is 11.8 Å². The molecule has 4 rings (SSSR count). The number of aromatic nitrogens is 1. The lowest BCUT2D eigenvalue weighted by molar-refractivity contribution is -0.122. The van der Waals surface area contributed by atoms with Crippen LogP contribution in [-0.2, 0) is 17.8 Å². The highest BCUT2D eigenvalue weighted by Gasteiger charge is 2.28. The van der Waals surface area contributed by atoms with Crippen LogP contribution in [0.25, 0.3) is 11.3 Å². The van der Waals surface area contributed by atoms with Crippen LogP contribution in [0, 0.1) is 17.7 Å². The van der Waals surface area contributed by atoms with Crippen LogP contribution in [0.2, 0.25) is 0 Å². The third-order valence-corrected chi connectivity index (χ3v) is 6.02. The van der Waals surface area contributed by atoms with E-state index in [9.17, 15) is 9.18 Å². The van der Waals surface area contributed by atoms with Gasteiger partial charge >= 0.3 is 0 Å². The molecule has 7 heteroatoms. The summed E-state index contributed by atoms with van der Waals surface area (Å²) in [7, 11) is 1.64. The van der Waals surface area contributed by atoms with Crippen molar-refractivity contribution in [1.29, 1.82) is 0 Å². The van der Waals surface area contributed by atoms with Gasteiger partial charge in [-0.25, -0.2) is 4.39 Å². The molecule has 2 unspecified atom stereocenters. The molecule has 0 saturated carbocycles. The van der Waals surface area contributed by atoms with Gasteiger partial charge in [-0.1, -0.05) is 17.3 Å². The van der Waals surface area contributed by atoms with Crippen molar-refractivity contribution in [3.05, 3.63) is 71.7 Å². The third-order valence-electron chi connectivity index (χ3n) is 6.02. The standard InChI is InChI=1S/C25H28FN3O3/c1-31-23-8-4-18(5-9-23)24-14-22(29-32-24)12-20-16-27-11-10-19(20)13-25(30)28-15-17-2-6-21(26)7-3-17/h2-9,14,19-20,27H,10-13,15-16H2,1H3,(H,28,30). The number of nitrogens with zero attached hydrogens (tertiary/aromatic N) is 1. The highest BCUT2D eigenvalue weighted by Crippen LogP contribution is 2.28. The van der Waals surface area contributed by atoms with Crippen LogP contribution in [0.3, 0.4) is 0 Å². The van der Waals surface area contributed by atoms with Crippen molar-refractivity contribution < 1.29 is 18.4 Å². The number of nitrogens with one attached hydrogen (secondary N) is 2. The Hall–Kier alpha value is -3.19. The number of amides is 1. The van der Waals surface area contributed by atoms with Crippen LogP contribution in [0.15, 0.2) is 59.1 Å². The molecule has 6 nitrogen and oxygen atoms in total. The maximum absolute atomic E-state index is 13.0. The lowest BCUT2D eigenvalue weighted by Crippen LogP contribution is -2.40. The van der Waals surface area contributed by atoms with E-state index >= 15 is 0 Å². The van der Waals surface area contributed by atoms with Gasteiger partial charge in [-0.05, 0) is 79.7 Å². The minimum Gasteiger partial charge on any atom is -0.497 e. The number of rotatable bonds is 8. The topological polar surface area (TPSA) is 76.4 Å². The molecule has 0 radical (unpaired) electrons. The molecule has 0 bridgehead atoms. The molecule has 0 spiro atoms. The van der Waals surface area contributed by atoms with E-state index in [1.165, 1.54) is 12.1 Å². The Bertz CT molecular complexity index is 1020. The number of hydrogen-bond acceptors (Lipinski definition) is 5. The Balaban J connectivity index is 1.33. The molecule has 2 aromatic carbocycles. The maximum atomic E-state index is 13.0. The summed E-state index contributed by atoms with van der Waals surface area (Å²) < 4.78 is 23.8. The summed E-state index contributed by atoms with van der Waals surface area (Å²) in [6, 6.07) is 15.8. The van der Waals surface area contributed by atoms with Crippen LogP contribution >= 0.6 is 0 Å². The molecule has 1 amide bonds. The van der Waals surface area contributed by atoms with Crippen LogP contribution in [-0.4, -0.2) is 31.3 Å². The van der Waals surface area contributed by atoms with E-state index in [4.69, 9.17) is 9.26 Å². The molecular weight excluding hydrogens is 409 g/mol. The zero-order valence-corrected chi connectivity index (χ0v) is 18.1. The number of ether oxygens (including phenoxy) is 1. The lowest BCUT2D eigenvalue weighted by atomic mass is 9.81. The predicted molar refractivity (Wildman–Crippen MR) is 120 cm³/mol. The number of benzene rings is 2. The van der Waals surface area contributed by atoms with E-state index in [0.29, 0.717) is 18.9 Å². The van der Waals surface area contributed by atoms with Gasteiger partial charge in [0.25, 0.3) is 0 Å². The van der Waals surface area contributed by atoms with Crippen LogP contribution in [0.4, 0.5) is 4.39 Å². The molecule has 0 aliphatic carbocycles. The number of methoxy groups -OCH3 is 1. The van der Waals surface area contributed by atoms with Gasteiger partial charge in [-0.3, -0.25) is 4.79 Å². The van der Waals surface area contributed by atoms with E-state index in [1.54, 1.807) is 19.2 Å². The summed E-state index contributed by atoms with van der Waals surface area (Å²) in [6.07, 6.45) is 2.16. The van der Waals surface area contributed by atoms with Crippen molar-refractivity contribution in [2.45, 2.75) is 25.8 Å². The molecule has 32 heavy (non-hydrogen) atoms. The normalized spacial score (nSPS) is 18.3. The van der Waals surface area contributed by atoms with E-state index in [-0.39, 0.29) is 17.6 Å². The monoisotopic (exact) mass is 437 g/mol. The van der Waals surface area contributed by atoms with E-state index in [2.05, 4.69) is 15.8 Å².